The van der Waals surface area contributed by atoms with Crippen molar-refractivity contribution in [2.45, 2.75) is 32.3 Å². The minimum Gasteiger partial charge on any atom is -0.445 e. The third-order valence-corrected chi connectivity index (χ3v) is 3.02. The number of hydrogen-bond acceptors (Lipinski definition) is 4. The summed E-state index contributed by atoms with van der Waals surface area (Å²) in [7, 11) is 0. The highest BCUT2D eigenvalue weighted by molar-refractivity contribution is 5.67. The zero-order chi connectivity index (χ0) is 15.2. The van der Waals surface area contributed by atoms with E-state index in [1.165, 1.54) is 0 Å². The predicted octanol–water partition coefficient (Wildman–Crippen LogP) is 2.06. The second-order valence-electron chi connectivity index (χ2n) is 4.88. The zero-order valence-electron chi connectivity index (χ0n) is 12.5. The molecular weight excluding hydrogens is 268 g/mol. The van der Waals surface area contributed by atoms with Gasteiger partial charge in [-0.2, -0.15) is 0 Å². The second kappa shape index (κ2) is 12.2. The van der Waals surface area contributed by atoms with Crippen molar-refractivity contribution in [1.29, 1.82) is 0 Å². The Balaban J connectivity index is 1.89. The fourth-order valence-corrected chi connectivity index (χ4v) is 1.83. The third-order valence-electron chi connectivity index (χ3n) is 3.02. The Labute approximate surface area is 126 Å². The van der Waals surface area contributed by atoms with E-state index in [9.17, 15) is 4.79 Å². The molecule has 5 nitrogen and oxygen atoms in total. The molecule has 0 bridgehead atoms. The van der Waals surface area contributed by atoms with Crippen LogP contribution in [0, 0.1) is 0 Å². The SMILES string of the molecule is O=C(NCCCCNCCCCO)OCc1ccccc1. The van der Waals surface area contributed by atoms with Gasteiger partial charge in [0.2, 0.25) is 0 Å². The molecule has 0 unspecified atom stereocenters. The largest absolute Gasteiger partial charge is 0.445 e. The Bertz CT molecular complexity index is 371. The minimum atomic E-state index is -0.366. The quantitative estimate of drug-likeness (QED) is 0.546. The fraction of sp³-hybridized carbons (Fsp3) is 0.562. The number of aliphatic hydroxyl groups excluding tert-OH is 1. The average Bonchev–Trinajstić information content (AvgIpc) is 2.52. The minimum absolute atomic E-state index is 0.261. The number of carbonyl (C=O) groups excluding carboxylic acids is 1. The summed E-state index contributed by atoms with van der Waals surface area (Å²) in [5.74, 6) is 0. The van der Waals surface area contributed by atoms with E-state index < -0.39 is 0 Å². The van der Waals surface area contributed by atoms with Crippen LogP contribution in [0.25, 0.3) is 0 Å². The second-order valence-corrected chi connectivity index (χ2v) is 4.88. The van der Waals surface area contributed by atoms with Crippen molar-refractivity contribution in [3.8, 4) is 0 Å². The Kier molecular flexibility index (Phi) is 10.1. The molecule has 1 rings (SSSR count). The van der Waals surface area contributed by atoms with Gasteiger partial charge in [-0.05, 0) is 44.3 Å². The summed E-state index contributed by atoms with van der Waals surface area (Å²) in [6.45, 7) is 3.07. The molecule has 0 aromatic heterocycles. The maximum absolute atomic E-state index is 11.5. The van der Waals surface area contributed by atoms with Crippen molar-refractivity contribution in [3.63, 3.8) is 0 Å². The van der Waals surface area contributed by atoms with Gasteiger partial charge in [-0.3, -0.25) is 0 Å². The van der Waals surface area contributed by atoms with Gasteiger partial charge < -0.3 is 20.5 Å². The Morgan fingerprint density at radius 2 is 1.67 bits per heavy atom. The lowest BCUT2D eigenvalue weighted by Crippen LogP contribution is -2.26. The van der Waals surface area contributed by atoms with Crippen LogP contribution < -0.4 is 10.6 Å². The van der Waals surface area contributed by atoms with Gasteiger partial charge in [0.25, 0.3) is 0 Å². The maximum atomic E-state index is 11.5. The summed E-state index contributed by atoms with van der Waals surface area (Å²) < 4.78 is 5.11. The molecule has 0 aliphatic carbocycles. The molecule has 1 aromatic rings. The summed E-state index contributed by atoms with van der Waals surface area (Å²) in [5.41, 5.74) is 0.986. The molecule has 5 heteroatoms. The van der Waals surface area contributed by atoms with Gasteiger partial charge in [0.1, 0.15) is 6.61 Å². The van der Waals surface area contributed by atoms with Crippen molar-refractivity contribution in [2.75, 3.05) is 26.2 Å². The van der Waals surface area contributed by atoms with Gasteiger partial charge in [-0.25, -0.2) is 4.79 Å². The molecule has 0 aliphatic rings. The van der Waals surface area contributed by atoms with E-state index in [4.69, 9.17) is 9.84 Å². The Hall–Kier alpha value is -1.59. The average molecular weight is 294 g/mol. The fourth-order valence-electron chi connectivity index (χ4n) is 1.83. The van der Waals surface area contributed by atoms with Gasteiger partial charge >= 0.3 is 6.09 Å². The first-order valence-corrected chi connectivity index (χ1v) is 7.59. The maximum Gasteiger partial charge on any atom is 0.407 e. The molecule has 0 saturated carbocycles. The summed E-state index contributed by atoms with van der Waals surface area (Å²) in [6, 6.07) is 9.63. The first kappa shape index (κ1) is 17.5. The van der Waals surface area contributed by atoms with Crippen LogP contribution in [0.15, 0.2) is 30.3 Å². The highest BCUT2D eigenvalue weighted by atomic mass is 16.5. The van der Waals surface area contributed by atoms with Crippen LogP contribution in [0.5, 0.6) is 0 Å². The Morgan fingerprint density at radius 3 is 2.38 bits per heavy atom. The first-order valence-electron chi connectivity index (χ1n) is 7.59. The molecule has 1 amide bonds. The van der Waals surface area contributed by atoms with Gasteiger partial charge in [0.05, 0.1) is 0 Å². The molecule has 0 aliphatic heterocycles. The molecule has 1 aromatic carbocycles. The Morgan fingerprint density at radius 1 is 1.00 bits per heavy atom. The van der Waals surface area contributed by atoms with Crippen LogP contribution in [0.4, 0.5) is 4.79 Å². The molecule has 21 heavy (non-hydrogen) atoms. The number of ether oxygens (including phenoxy) is 1. The van der Waals surface area contributed by atoms with Gasteiger partial charge in [0, 0.05) is 13.2 Å². The highest BCUT2D eigenvalue weighted by Crippen LogP contribution is 2.00. The van der Waals surface area contributed by atoms with Crippen LogP contribution in [0.1, 0.15) is 31.2 Å². The number of benzene rings is 1. The third kappa shape index (κ3) is 9.87. The molecule has 3 N–H and O–H groups in total. The number of hydrogen-bond donors (Lipinski definition) is 3. The number of alkyl carbamates (subject to hydrolysis) is 1. The normalized spacial score (nSPS) is 10.3. The molecule has 0 fully saturated rings. The summed E-state index contributed by atoms with van der Waals surface area (Å²) in [6.07, 6.45) is 3.42. The van der Waals surface area contributed by atoms with E-state index in [0.29, 0.717) is 13.2 Å². The van der Waals surface area contributed by atoms with Crippen LogP contribution in [-0.2, 0) is 11.3 Å². The van der Waals surface area contributed by atoms with Crippen molar-refractivity contribution < 1.29 is 14.6 Å². The predicted molar refractivity (Wildman–Crippen MR) is 83.1 cm³/mol. The van der Waals surface area contributed by atoms with E-state index >= 15 is 0 Å². The van der Waals surface area contributed by atoms with E-state index in [-0.39, 0.29) is 12.7 Å². The number of nitrogens with one attached hydrogen (secondary N) is 2. The van der Waals surface area contributed by atoms with Crippen LogP contribution in [0.2, 0.25) is 0 Å². The van der Waals surface area contributed by atoms with Crippen LogP contribution >= 0.6 is 0 Å². The molecule has 0 spiro atoms. The highest BCUT2D eigenvalue weighted by Gasteiger charge is 2.01. The lowest BCUT2D eigenvalue weighted by molar-refractivity contribution is 0.139. The number of rotatable bonds is 11. The first-order chi connectivity index (χ1) is 10.3. The molecule has 0 atom stereocenters. The summed E-state index contributed by atoms with van der Waals surface area (Å²) in [5, 5.41) is 14.7. The topological polar surface area (TPSA) is 70.6 Å². The molecule has 0 heterocycles. The number of unbranched alkanes of at least 4 members (excludes halogenated alkanes) is 2. The van der Waals surface area contributed by atoms with Crippen LogP contribution in [0.3, 0.4) is 0 Å². The van der Waals surface area contributed by atoms with E-state index in [0.717, 1.165) is 44.3 Å². The molecule has 0 saturated heterocycles. The number of amides is 1. The molecule has 118 valence electrons. The smallest absolute Gasteiger partial charge is 0.407 e. The van der Waals surface area contributed by atoms with Crippen molar-refractivity contribution in [1.82, 2.24) is 10.6 Å². The van der Waals surface area contributed by atoms with Crippen LogP contribution in [-0.4, -0.2) is 37.4 Å². The molecular formula is C16H26N2O3. The monoisotopic (exact) mass is 294 g/mol. The van der Waals surface area contributed by atoms with Gasteiger partial charge in [-0.1, -0.05) is 30.3 Å². The lowest BCUT2D eigenvalue weighted by Gasteiger charge is -2.07. The van der Waals surface area contributed by atoms with E-state index in [1.54, 1.807) is 0 Å². The van der Waals surface area contributed by atoms with Gasteiger partial charge in [-0.15, -0.1) is 0 Å². The lowest BCUT2D eigenvalue weighted by atomic mass is 10.2. The zero-order valence-corrected chi connectivity index (χ0v) is 12.5. The van der Waals surface area contributed by atoms with Crippen molar-refractivity contribution >= 4 is 6.09 Å². The van der Waals surface area contributed by atoms with Gasteiger partial charge in [0.15, 0.2) is 0 Å². The summed E-state index contributed by atoms with van der Waals surface area (Å²) >= 11 is 0. The van der Waals surface area contributed by atoms with E-state index in [2.05, 4.69) is 10.6 Å². The van der Waals surface area contributed by atoms with E-state index in [1.807, 2.05) is 30.3 Å². The number of aliphatic hydroxyl groups is 1. The van der Waals surface area contributed by atoms with Crippen molar-refractivity contribution in [2.24, 2.45) is 0 Å². The number of carbonyl (C=O) groups is 1. The molecule has 0 radical (unpaired) electrons. The summed E-state index contributed by atoms with van der Waals surface area (Å²) in [4.78, 5) is 11.5. The standard InChI is InChI=1S/C16H26N2O3/c19-13-7-6-11-17-10-4-5-12-18-16(20)21-14-15-8-2-1-3-9-15/h1-3,8-9,17,19H,4-7,10-14H2,(H,18,20). The van der Waals surface area contributed by atoms with Crippen molar-refractivity contribution in [3.05, 3.63) is 35.9 Å².